The van der Waals surface area contributed by atoms with E-state index in [9.17, 15) is 65.9 Å². The van der Waals surface area contributed by atoms with Crippen molar-refractivity contribution in [2.24, 2.45) is 16.2 Å². The van der Waals surface area contributed by atoms with E-state index in [0.29, 0.717) is 0 Å². The topological polar surface area (TPSA) is 78.1 Å². The average Bonchev–Trinajstić information content (AvgIpc) is 2.55. The molecule has 0 atom stereocenters. The number of hydrogen-bond acceptors (Lipinski definition) is 3. The summed E-state index contributed by atoms with van der Waals surface area (Å²) in [4.78, 5) is 0. The van der Waals surface area contributed by atoms with E-state index in [4.69, 9.17) is 16.2 Å². The third kappa shape index (κ3) is 5.57. The molecule has 0 aliphatic rings. The second kappa shape index (κ2) is 9.01. The first kappa shape index (κ1) is 31.0. The van der Waals surface area contributed by atoms with E-state index in [1.807, 2.05) is 0 Å². The van der Waals surface area contributed by atoms with Gasteiger partial charge < -0.3 is 16.2 Å². The van der Waals surface area contributed by atoms with Gasteiger partial charge in [0.1, 0.15) is 0 Å². The van der Waals surface area contributed by atoms with Crippen LogP contribution in [0.15, 0.2) is 0 Å². The second-order valence-corrected chi connectivity index (χ2v) is 9.83. The van der Waals surface area contributed by atoms with Crippen LogP contribution in [0.5, 0.6) is 0 Å². The quantitative estimate of drug-likeness (QED) is 0.187. The molecule has 0 bridgehead atoms. The van der Waals surface area contributed by atoms with Crippen LogP contribution in [0.3, 0.4) is 0 Å². The Bertz CT molecular complexity index is 627. The fourth-order valence-electron chi connectivity index (χ4n) is 2.29. The van der Waals surface area contributed by atoms with Crippen molar-refractivity contribution in [3.63, 3.8) is 0 Å². The molecule has 0 spiro atoms. The Morgan fingerprint density at radius 1 is 0.438 bits per heavy atom. The molecule has 0 fully saturated rings. The first-order valence-corrected chi connectivity index (χ1v) is 10.8. The third-order valence-corrected chi connectivity index (χ3v) is 5.46. The highest BCUT2D eigenvalue weighted by atomic mass is 28.4. The van der Waals surface area contributed by atoms with Gasteiger partial charge in [-0.1, -0.05) is 19.3 Å². The number of halogens is 15. The molecule has 0 radical (unpaired) electrons. The minimum atomic E-state index is -8.25. The summed E-state index contributed by atoms with van der Waals surface area (Å²) in [5, 5.41) is 15.9. The van der Waals surface area contributed by atoms with E-state index < -0.39 is 69.5 Å². The van der Waals surface area contributed by atoms with Crippen molar-refractivity contribution in [1.82, 2.24) is 0 Å². The first-order chi connectivity index (χ1) is 13.7. The molecule has 0 saturated carbocycles. The van der Waals surface area contributed by atoms with Crippen molar-refractivity contribution >= 4 is 8.56 Å². The minimum absolute atomic E-state index is 0.0202. The molecule has 0 aromatic rings. The summed E-state index contributed by atoms with van der Waals surface area (Å²) in [5.41, 5.74) is 0. The molecule has 0 unspecified atom stereocenters. The number of rotatable bonds is 12. The Labute approximate surface area is 171 Å². The Hall–Kier alpha value is -0.953. The SMILES string of the molecule is N[Si](N)(N)CCCCCCC(F)(F)C(F)(F)C(F)(F)C(F)(F)C(F)(F)C(F)(F)C(F)(F)F. The summed E-state index contributed by atoms with van der Waals surface area (Å²) in [6, 6.07) is 0.0202. The van der Waals surface area contributed by atoms with Gasteiger partial charge in [0, 0.05) is 6.42 Å². The van der Waals surface area contributed by atoms with Crippen molar-refractivity contribution in [3.05, 3.63) is 0 Å². The largest absolute Gasteiger partial charge is 0.460 e. The smallest absolute Gasteiger partial charge is 0.327 e. The van der Waals surface area contributed by atoms with Crippen LogP contribution in [-0.4, -0.2) is 50.3 Å². The lowest BCUT2D eigenvalue weighted by atomic mass is 9.89. The van der Waals surface area contributed by atoms with E-state index >= 15 is 0 Å². The van der Waals surface area contributed by atoms with Gasteiger partial charge in [-0.2, -0.15) is 65.9 Å². The second-order valence-electron chi connectivity index (χ2n) is 7.10. The Kier molecular flexibility index (Phi) is 8.74. The molecule has 0 aromatic heterocycles. The highest BCUT2D eigenvalue weighted by Crippen LogP contribution is 2.62. The molecule has 32 heavy (non-hydrogen) atoms. The molecule has 0 rings (SSSR count). The summed E-state index contributed by atoms with van der Waals surface area (Å²) in [6.45, 7) is 0. The monoisotopic (exact) mass is 529 g/mol. The zero-order chi connectivity index (χ0) is 26.2. The van der Waals surface area contributed by atoms with Crippen molar-refractivity contribution < 1.29 is 65.9 Å². The molecular formula is C13H18F15N3Si. The summed E-state index contributed by atoms with van der Waals surface area (Å²) in [5.74, 6) is -46.1. The van der Waals surface area contributed by atoms with Crippen molar-refractivity contribution in [3.8, 4) is 0 Å². The molecule has 19 heteroatoms. The fourth-order valence-corrected chi connectivity index (χ4v) is 3.15. The molecule has 0 aliphatic carbocycles. The van der Waals surface area contributed by atoms with Crippen LogP contribution in [0.25, 0.3) is 0 Å². The predicted octanol–water partition coefficient (Wildman–Crippen LogP) is 5.13. The van der Waals surface area contributed by atoms with Crippen LogP contribution in [0.2, 0.25) is 6.04 Å². The molecule has 0 heterocycles. The van der Waals surface area contributed by atoms with Crippen molar-refractivity contribution in [2.75, 3.05) is 0 Å². The van der Waals surface area contributed by atoms with Crippen LogP contribution in [0.1, 0.15) is 32.1 Å². The van der Waals surface area contributed by atoms with Gasteiger partial charge in [-0.25, -0.2) is 0 Å². The number of unbranched alkanes of at least 4 members (excludes halogenated alkanes) is 3. The van der Waals surface area contributed by atoms with Crippen LogP contribution >= 0.6 is 0 Å². The standard InChI is InChI=1S/C13H18F15N3Si/c14-7(15,5-3-1-2-4-6-32(29,30)31)8(16,17)9(18,19)10(20,21)11(22,23)12(24,25)13(26,27)28/h1-6,29-31H2. The van der Waals surface area contributed by atoms with Crippen LogP contribution in [-0.2, 0) is 0 Å². The normalized spacial score (nSPS) is 15.9. The van der Waals surface area contributed by atoms with E-state index in [1.165, 1.54) is 0 Å². The maximum Gasteiger partial charge on any atom is 0.460 e. The Balaban J connectivity index is 5.68. The minimum Gasteiger partial charge on any atom is -0.327 e. The zero-order valence-corrected chi connectivity index (χ0v) is 16.6. The number of alkyl halides is 15. The summed E-state index contributed by atoms with van der Waals surface area (Å²) in [7, 11) is -3.04. The summed E-state index contributed by atoms with van der Waals surface area (Å²) >= 11 is 0. The average molecular weight is 529 g/mol. The summed E-state index contributed by atoms with van der Waals surface area (Å²) < 4.78 is 195. The molecule has 0 aromatic carbocycles. The van der Waals surface area contributed by atoms with Crippen LogP contribution < -0.4 is 16.2 Å². The number of hydrogen-bond donors (Lipinski definition) is 3. The first-order valence-electron chi connectivity index (χ1n) is 8.41. The zero-order valence-electron chi connectivity index (χ0n) is 15.6. The van der Waals surface area contributed by atoms with E-state index in [1.54, 1.807) is 0 Å². The van der Waals surface area contributed by atoms with E-state index in [0.717, 1.165) is 0 Å². The van der Waals surface area contributed by atoms with Gasteiger partial charge in [-0.3, -0.25) is 0 Å². The highest BCUT2D eigenvalue weighted by molar-refractivity contribution is 6.70. The Morgan fingerprint density at radius 3 is 1.16 bits per heavy atom. The highest BCUT2D eigenvalue weighted by Gasteiger charge is 2.93. The lowest BCUT2D eigenvalue weighted by Gasteiger charge is -2.41. The van der Waals surface area contributed by atoms with Gasteiger partial charge in [-0.15, -0.1) is 0 Å². The van der Waals surface area contributed by atoms with Crippen LogP contribution in [0, 0.1) is 0 Å². The maximum absolute atomic E-state index is 13.6. The van der Waals surface area contributed by atoms with Crippen molar-refractivity contribution in [2.45, 2.75) is 79.9 Å². The van der Waals surface area contributed by atoms with Gasteiger partial charge in [0.25, 0.3) is 8.56 Å². The van der Waals surface area contributed by atoms with Gasteiger partial charge in [0.15, 0.2) is 0 Å². The van der Waals surface area contributed by atoms with E-state index in [2.05, 4.69) is 0 Å². The predicted molar refractivity (Wildman–Crippen MR) is 81.9 cm³/mol. The lowest BCUT2D eigenvalue weighted by molar-refractivity contribution is -0.452. The Morgan fingerprint density at radius 2 is 0.781 bits per heavy atom. The molecule has 194 valence electrons. The van der Waals surface area contributed by atoms with Crippen LogP contribution in [0.4, 0.5) is 65.9 Å². The molecular weight excluding hydrogens is 511 g/mol. The molecule has 0 aliphatic heterocycles. The fraction of sp³-hybridized carbons (Fsp3) is 1.00. The molecule has 0 amide bonds. The molecule has 3 nitrogen and oxygen atoms in total. The summed E-state index contributed by atoms with van der Waals surface area (Å²) in [6.07, 6.45) is -11.4. The third-order valence-electron chi connectivity index (χ3n) is 4.24. The van der Waals surface area contributed by atoms with Gasteiger partial charge in [0.2, 0.25) is 0 Å². The van der Waals surface area contributed by atoms with Crippen molar-refractivity contribution in [1.29, 1.82) is 0 Å². The molecule has 0 saturated heterocycles. The van der Waals surface area contributed by atoms with Gasteiger partial charge in [0.05, 0.1) is 0 Å². The maximum atomic E-state index is 13.6. The van der Waals surface area contributed by atoms with E-state index in [-0.39, 0.29) is 18.9 Å². The molecule has 6 N–H and O–H groups in total. The van der Waals surface area contributed by atoms with Gasteiger partial charge in [-0.05, 0) is 12.5 Å². The lowest BCUT2D eigenvalue weighted by Crippen LogP contribution is -2.72. The number of nitrogens with two attached hydrogens (primary N) is 3. The van der Waals surface area contributed by atoms with Gasteiger partial charge >= 0.3 is 41.7 Å².